The molecule has 0 amide bonds. The largest absolute Gasteiger partial charge is 0.493 e. The summed E-state index contributed by atoms with van der Waals surface area (Å²) in [5.41, 5.74) is 2.39. The highest BCUT2D eigenvalue weighted by Crippen LogP contribution is 2.42. The Labute approximate surface area is 135 Å². The summed E-state index contributed by atoms with van der Waals surface area (Å²) in [7, 11) is 4.99. The highest BCUT2D eigenvalue weighted by atomic mass is 16.6. The van der Waals surface area contributed by atoms with E-state index < -0.39 is 6.23 Å². The SMILES string of the molecule is COc1ccc2c(c1OC)C(=O)O[C@H]2N(C)Cc1ccccc1. The molecule has 0 aromatic heterocycles. The van der Waals surface area contributed by atoms with Gasteiger partial charge in [0.2, 0.25) is 0 Å². The summed E-state index contributed by atoms with van der Waals surface area (Å²) in [6.45, 7) is 0.673. The minimum atomic E-state index is -0.433. The Morgan fingerprint density at radius 1 is 1.09 bits per heavy atom. The lowest BCUT2D eigenvalue weighted by Gasteiger charge is -2.23. The summed E-state index contributed by atoms with van der Waals surface area (Å²) in [4.78, 5) is 14.3. The van der Waals surface area contributed by atoms with Crippen molar-refractivity contribution in [3.63, 3.8) is 0 Å². The zero-order valence-electron chi connectivity index (χ0n) is 13.4. The number of cyclic esters (lactones) is 1. The second-order valence-electron chi connectivity index (χ2n) is 5.42. The Balaban J connectivity index is 1.92. The van der Waals surface area contributed by atoms with Crippen molar-refractivity contribution < 1.29 is 19.0 Å². The molecule has 0 saturated carbocycles. The number of hydrogen-bond acceptors (Lipinski definition) is 5. The molecule has 1 atom stereocenters. The first-order valence-corrected chi connectivity index (χ1v) is 7.35. The average molecular weight is 313 g/mol. The molecule has 5 heteroatoms. The minimum Gasteiger partial charge on any atom is -0.493 e. The molecule has 5 nitrogen and oxygen atoms in total. The lowest BCUT2D eigenvalue weighted by molar-refractivity contribution is -0.0157. The molecule has 1 heterocycles. The first-order valence-electron chi connectivity index (χ1n) is 7.35. The molecule has 2 aromatic carbocycles. The summed E-state index contributed by atoms with van der Waals surface area (Å²) in [5.74, 6) is 0.556. The van der Waals surface area contributed by atoms with Gasteiger partial charge in [-0.15, -0.1) is 0 Å². The van der Waals surface area contributed by atoms with Crippen LogP contribution in [0.25, 0.3) is 0 Å². The fraction of sp³-hybridized carbons (Fsp3) is 0.278. The van der Waals surface area contributed by atoms with E-state index in [4.69, 9.17) is 14.2 Å². The van der Waals surface area contributed by atoms with Gasteiger partial charge in [-0.2, -0.15) is 0 Å². The highest BCUT2D eigenvalue weighted by Gasteiger charge is 2.37. The van der Waals surface area contributed by atoms with Crippen LogP contribution >= 0.6 is 0 Å². The van der Waals surface area contributed by atoms with Crippen LogP contribution in [0, 0.1) is 0 Å². The fourth-order valence-electron chi connectivity index (χ4n) is 2.86. The maximum atomic E-state index is 12.3. The molecule has 3 rings (SSSR count). The molecule has 0 spiro atoms. The quantitative estimate of drug-likeness (QED) is 0.794. The third-order valence-corrected chi connectivity index (χ3v) is 3.94. The van der Waals surface area contributed by atoms with Gasteiger partial charge in [0.1, 0.15) is 5.56 Å². The van der Waals surface area contributed by atoms with E-state index in [1.165, 1.54) is 7.11 Å². The zero-order chi connectivity index (χ0) is 16.4. The van der Waals surface area contributed by atoms with Gasteiger partial charge >= 0.3 is 5.97 Å². The summed E-state index contributed by atoms with van der Waals surface area (Å²) >= 11 is 0. The summed E-state index contributed by atoms with van der Waals surface area (Å²) in [6.07, 6.45) is -0.433. The van der Waals surface area contributed by atoms with Crippen molar-refractivity contribution in [2.24, 2.45) is 0 Å². The van der Waals surface area contributed by atoms with Crippen LogP contribution in [0.4, 0.5) is 0 Å². The molecule has 1 aliphatic heterocycles. The normalized spacial score (nSPS) is 16.2. The van der Waals surface area contributed by atoms with Gasteiger partial charge in [0.15, 0.2) is 17.7 Å². The van der Waals surface area contributed by atoms with Gasteiger partial charge in [-0.3, -0.25) is 4.90 Å². The number of nitrogens with zero attached hydrogens (tertiary/aromatic N) is 1. The van der Waals surface area contributed by atoms with Crippen molar-refractivity contribution in [1.82, 2.24) is 4.90 Å². The first-order chi connectivity index (χ1) is 11.2. The third-order valence-electron chi connectivity index (χ3n) is 3.94. The van der Waals surface area contributed by atoms with Crippen molar-refractivity contribution in [2.45, 2.75) is 12.8 Å². The van der Waals surface area contributed by atoms with E-state index in [0.29, 0.717) is 23.6 Å². The van der Waals surface area contributed by atoms with Crippen LogP contribution < -0.4 is 9.47 Å². The van der Waals surface area contributed by atoms with Crippen molar-refractivity contribution in [3.8, 4) is 11.5 Å². The number of carbonyl (C=O) groups is 1. The average Bonchev–Trinajstić information content (AvgIpc) is 2.92. The Bertz CT molecular complexity index is 714. The van der Waals surface area contributed by atoms with Crippen LogP contribution in [-0.2, 0) is 11.3 Å². The molecule has 0 bridgehead atoms. The van der Waals surface area contributed by atoms with Gasteiger partial charge in [0.25, 0.3) is 0 Å². The molecule has 0 radical (unpaired) electrons. The van der Waals surface area contributed by atoms with E-state index in [0.717, 1.165) is 11.1 Å². The number of rotatable bonds is 5. The second kappa shape index (κ2) is 6.30. The summed E-state index contributed by atoms with van der Waals surface area (Å²) < 4.78 is 16.2. The number of benzene rings is 2. The monoisotopic (exact) mass is 313 g/mol. The van der Waals surface area contributed by atoms with E-state index in [1.807, 2.05) is 48.3 Å². The maximum Gasteiger partial charge on any atom is 0.344 e. The number of methoxy groups -OCH3 is 2. The van der Waals surface area contributed by atoms with Crippen LogP contribution in [0.1, 0.15) is 27.7 Å². The molecule has 0 aliphatic carbocycles. The van der Waals surface area contributed by atoms with Crippen LogP contribution in [-0.4, -0.2) is 32.1 Å². The standard InChI is InChI=1S/C18H19NO4/c1-19(11-12-7-5-4-6-8-12)17-13-9-10-14(21-2)16(22-3)15(13)18(20)23-17/h4-10,17H,11H2,1-3H3/t17-/m1/s1. The van der Waals surface area contributed by atoms with Crippen LogP contribution in [0.15, 0.2) is 42.5 Å². The number of carbonyl (C=O) groups excluding carboxylic acids is 1. The third kappa shape index (κ3) is 2.75. The van der Waals surface area contributed by atoms with E-state index in [1.54, 1.807) is 13.2 Å². The van der Waals surface area contributed by atoms with Crippen LogP contribution in [0.2, 0.25) is 0 Å². The Hall–Kier alpha value is -2.53. The number of esters is 1. The summed E-state index contributed by atoms with van der Waals surface area (Å²) in [6, 6.07) is 13.7. The van der Waals surface area contributed by atoms with Crippen LogP contribution in [0.5, 0.6) is 11.5 Å². The van der Waals surface area contributed by atoms with E-state index in [2.05, 4.69) is 0 Å². The number of fused-ring (bicyclic) bond motifs is 1. The van der Waals surface area contributed by atoms with Crippen molar-refractivity contribution >= 4 is 5.97 Å². The molecule has 23 heavy (non-hydrogen) atoms. The Morgan fingerprint density at radius 3 is 2.48 bits per heavy atom. The van der Waals surface area contributed by atoms with Gasteiger partial charge in [-0.1, -0.05) is 30.3 Å². The maximum absolute atomic E-state index is 12.3. The van der Waals surface area contributed by atoms with Gasteiger partial charge < -0.3 is 14.2 Å². The molecule has 0 unspecified atom stereocenters. The molecular weight excluding hydrogens is 294 g/mol. The van der Waals surface area contributed by atoms with Gasteiger partial charge in [-0.25, -0.2) is 4.79 Å². The van der Waals surface area contributed by atoms with Gasteiger partial charge in [-0.05, 0) is 24.7 Å². The second-order valence-corrected chi connectivity index (χ2v) is 5.42. The zero-order valence-corrected chi connectivity index (χ0v) is 13.4. The van der Waals surface area contributed by atoms with Crippen molar-refractivity contribution in [3.05, 3.63) is 59.2 Å². The molecule has 2 aromatic rings. The van der Waals surface area contributed by atoms with Crippen LogP contribution in [0.3, 0.4) is 0 Å². The van der Waals surface area contributed by atoms with E-state index >= 15 is 0 Å². The molecule has 1 aliphatic rings. The minimum absolute atomic E-state index is 0.388. The molecule has 0 saturated heterocycles. The van der Waals surface area contributed by atoms with E-state index in [-0.39, 0.29) is 5.97 Å². The predicted molar refractivity (Wildman–Crippen MR) is 85.6 cm³/mol. The van der Waals surface area contributed by atoms with E-state index in [9.17, 15) is 4.79 Å². The lowest BCUT2D eigenvalue weighted by atomic mass is 10.1. The number of ether oxygens (including phenoxy) is 3. The molecule has 120 valence electrons. The number of hydrogen-bond donors (Lipinski definition) is 0. The van der Waals surface area contributed by atoms with Crippen molar-refractivity contribution in [1.29, 1.82) is 0 Å². The summed E-state index contributed by atoms with van der Waals surface area (Å²) in [5, 5.41) is 0. The molecule has 0 fully saturated rings. The van der Waals surface area contributed by atoms with Gasteiger partial charge in [0, 0.05) is 12.1 Å². The Morgan fingerprint density at radius 2 is 1.83 bits per heavy atom. The highest BCUT2D eigenvalue weighted by molar-refractivity contribution is 5.98. The Kier molecular flexibility index (Phi) is 4.21. The van der Waals surface area contributed by atoms with Gasteiger partial charge in [0.05, 0.1) is 14.2 Å². The first kappa shape index (κ1) is 15.4. The molecular formula is C18H19NO4. The van der Waals surface area contributed by atoms with Crippen molar-refractivity contribution in [2.75, 3.05) is 21.3 Å². The fourth-order valence-corrected chi connectivity index (χ4v) is 2.86. The predicted octanol–water partition coefficient (Wildman–Crippen LogP) is 3.00. The molecule has 0 N–H and O–H groups in total. The topological polar surface area (TPSA) is 48.0 Å². The lowest BCUT2D eigenvalue weighted by Crippen LogP contribution is -2.24. The smallest absolute Gasteiger partial charge is 0.344 e.